The molecular formula is C15H11Cl2NO2S. The predicted octanol–water partition coefficient (Wildman–Crippen LogP) is 3.90. The molecule has 0 fully saturated rings. The van der Waals surface area contributed by atoms with Gasteiger partial charge in [0.2, 0.25) is 0 Å². The number of rotatable bonds is 4. The van der Waals surface area contributed by atoms with Gasteiger partial charge in [-0.05, 0) is 42.0 Å². The summed E-state index contributed by atoms with van der Waals surface area (Å²) in [5.74, 6) is 0. The Hall–Kier alpha value is -1.54. The monoisotopic (exact) mass is 339 g/mol. The Balaban J connectivity index is 2.30. The smallest absolute Gasteiger partial charge is 0.194 e. The molecule has 0 heterocycles. The lowest BCUT2D eigenvalue weighted by molar-refractivity contribution is 0.588. The fraction of sp³-hybridized carbons (Fsp3) is 0.133. The quantitative estimate of drug-likeness (QED) is 0.848. The molecule has 3 nitrogen and oxygen atoms in total. The topological polar surface area (TPSA) is 57.9 Å². The molecule has 2 rings (SSSR count). The van der Waals surface area contributed by atoms with E-state index in [9.17, 15) is 13.7 Å². The molecule has 0 aliphatic heterocycles. The maximum absolute atomic E-state index is 12.5. The van der Waals surface area contributed by atoms with Crippen LogP contribution in [0.25, 0.3) is 0 Å². The highest BCUT2D eigenvalue weighted by molar-refractivity contribution is 7.92. The summed E-state index contributed by atoms with van der Waals surface area (Å²) in [6.07, 6.45) is 0.110. The van der Waals surface area contributed by atoms with Crippen molar-refractivity contribution >= 4 is 33.0 Å². The van der Waals surface area contributed by atoms with Gasteiger partial charge in [-0.3, -0.25) is 0 Å². The molecule has 108 valence electrons. The summed E-state index contributed by atoms with van der Waals surface area (Å²) >= 11 is 11.5. The number of benzene rings is 2. The molecule has 1 atom stereocenters. The van der Waals surface area contributed by atoms with Crippen LogP contribution in [-0.2, 0) is 16.3 Å². The third kappa shape index (κ3) is 3.76. The summed E-state index contributed by atoms with van der Waals surface area (Å²) in [6, 6.07) is 14.4. The Kier molecular flexibility index (Phi) is 4.89. The van der Waals surface area contributed by atoms with E-state index in [0.29, 0.717) is 10.0 Å². The van der Waals surface area contributed by atoms with E-state index >= 15 is 0 Å². The second-order valence-electron chi connectivity index (χ2n) is 4.45. The van der Waals surface area contributed by atoms with Crippen molar-refractivity contribution in [3.63, 3.8) is 0 Å². The van der Waals surface area contributed by atoms with Crippen molar-refractivity contribution in [2.24, 2.45) is 0 Å². The van der Waals surface area contributed by atoms with E-state index < -0.39 is 15.1 Å². The fourth-order valence-electron chi connectivity index (χ4n) is 1.85. The largest absolute Gasteiger partial charge is 0.222 e. The van der Waals surface area contributed by atoms with Gasteiger partial charge in [-0.1, -0.05) is 35.3 Å². The molecule has 1 unspecified atom stereocenters. The number of nitrogens with zero attached hydrogens (tertiary/aromatic N) is 1. The maximum atomic E-state index is 12.5. The number of hydrogen-bond acceptors (Lipinski definition) is 3. The van der Waals surface area contributed by atoms with Gasteiger partial charge in [0.15, 0.2) is 15.1 Å². The SMILES string of the molecule is N#CC(Cc1ccc(Cl)cc1)S(=O)(=O)c1ccc(Cl)cc1. The van der Waals surface area contributed by atoms with Crippen molar-refractivity contribution in [2.45, 2.75) is 16.6 Å². The summed E-state index contributed by atoms with van der Waals surface area (Å²) in [5, 5.41) is 9.07. The van der Waals surface area contributed by atoms with Crippen LogP contribution < -0.4 is 0 Å². The third-order valence-electron chi connectivity index (χ3n) is 3.00. The Labute approximate surface area is 133 Å². The zero-order valence-corrected chi connectivity index (χ0v) is 13.2. The summed E-state index contributed by atoms with van der Waals surface area (Å²) < 4.78 is 24.9. The Morgan fingerprint density at radius 2 is 1.43 bits per heavy atom. The van der Waals surface area contributed by atoms with Crippen LogP contribution in [0.4, 0.5) is 0 Å². The highest BCUT2D eigenvalue weighted by Crippen LogP contribution is 2.21. The minimum absolute atomic E-state index is 0.0902. The minimum atomic E-state index is -3.73. The molecule has 0 radical (unpaired) electrons. The second kappa shape index (κ2) is 6.48. The molecule has 0 aliphatic carbocycles. The van der Waals surface area contributed by atoms with Gasteiger partial charge in [0.25, 0.3) is 0 Å². The highest BCUT2D eigenvalue weighted by atomic mass is 35.5. The highest BCUT2D eigenvalue weighted by Gasteiger charge is 2.27. The van der Waals surface area contributed by atoms with Gasteiger partial charge in [-0.2, -0.15) is 5.26 Å². The first-order chi connectivity index (χ1) is 9.93. The number of hydrogen-bond donors (Lipinski definition) is 0. The first kappa shape index (κ1) is 15.8. The third-order valence-corrected chi connectivity index (χ3v) is 5.45. The molecule has 0 amide bonds. The van der Waals surface area contributed by atoms with Crippen molar-refractivity contribution in [1.82, 2.24) is 0 Å². The van der Waals surface area contributed by atoms with E-state index in [1.807, 2.05) is 6.07 Å². The van der Waals surface area contributed by atoms with Gasteiger partial charge < -0.3 is 0 Å². The summed E-state index contributed by atoms with van der Waals surface area (Å²) in [6.45, 7) is 0. The van der Waals surface area contributed by atoms with Gasteiger partial charge >= 0.3 is 0 Å². The van der Waals surface area contributed by atoms with E-state index in [4.69, 9.17) is 23.2 Å². The average molecular weight is 340 g/mol. The van der Waals surface area contributed by atoms with Crippen molar-refractivity contribution in [2.75, 3.05) is 0 Å². The molecule has 6 heteroatoms. The first-order valence-corrected chi connectivity index (χ1v) is 8.37. The van der Waals surface area contributed by atoms with Crippen LogP contribution in [0.15, 0.2) is 53.4 Å². The summed E-state index contributed by atoms with van der Waals surface area (Å²) in [4.78, 5) is 0.0902. The molecule has 2 aromatic carbocycles. The number of sulfone groups is 1. The van der Waals surface area contributed by atoms with Crippen LogP contribution in [0.3, 0.4) is 0 Å². The van der Waals surface area contributed by atoms with Crippen molar-refractivity contribution in [3.8, 4) is 6.07 Å². The summed E-state index contributed by atoms with van der Waals surface area (Å²) in [7, 11) is -3.73. The zero-order chi connectivity index (χ0) is 15.5. The van der Waals surface area contributed by atoms with Gasteiger partial charge in [-0.25, -0.2) is 8.42 Å². The van der Waals surface area contributed by atoms with Crippen LogP contribution in [0.1, 0.15) is 5.56 Å². The Bertz CT molecular complexity index is 763. The Morgan fingerprint density at radius 1 is 0.952 bits per heavy atom. The van der Waals surface area contributed by atoms with Crippen LogP contribution in [0.2, 0.25) is 10.0 Å². The van der Waals surface area contributed by atoms with Gasteiger partial charge in [0.05, 0.1) is 11.0 Å². The standard InChI is InChI=1S/C15H11Cl2NO2S/c16-12-3-1-11(2-4-12)9-15(10-18)21(19,20)14-7-5-13(17)6-8-14/h1-8,15H,9H2. The van der Waals surface area contributed by atoms with Crippen molar-refractivity contribution < 1.29 is 8.42 Å². The fourth-order valence-corrected chi connectivity index (χ4v) is 3.49. The molecule has 0 N–H and O–H groups in total. The van der Waals surface area contributed by atoms with Crippen LogP contribution in [0.5, 0.6) is 0 Å². The Morgan fingerprint density at radius 3 is 1.90 bits per heavy atom. The first-order valence-electron chi connectivity index (χ1n) is 6.07. The molecule has 0 bridgehead atoms. The summed E-state index contributed by atoms with van der Waals surface area (Å²) in [5.41, 5.74) is 0.739. The molecule has 0 aromatic heterocycles. The molecule has 0 saturated heterocycles. The second-order valence-corrected chi connectivity index (χ2v) is 7.45. The molecule has 2 aromatic rings. The van der Waals surface area contributed by atoms with E-state index in [1.165, 1.54) is 24.3 Å². The van der Waals surface area contributed by atoms with Crippen LogP contribution in [0, 0.1) is 11.3 Å². The predicted molar refractivity (Wildman–Crippen MR) is 83.2 cm³/mol. The van der Waals surface area contributed by atoms with Crippen molar-refractivity contribution in [3.05, 3.63) is 64.1 Å². The van der Waals surface area contributed by atoms with Gasteiger partial charge in [-0.15, -0.1) is 0 Å². The van der Waals surface area contributed by atoms with E-state index in [-0.39, 0.29) is 11.3 Å². The lowest BCUT2D eigenvalue weighted by atomic mass is 10.1. The van der Waals surface area contributed by atoms with E-state index in [2.05, 4.69) is 0 Å². The van der Waals surface area contributed by atoms with Crippen LogP contribution >= 0.6 is 23.2 Å². The maximum Gasteiger partial charge on any atom is 0.194 e. The lowest BCUT2D eigenvalue weighted by Crippen LogP contribution is -2.22. The normalized spacial score (nSPS) is 12.6. The molecular weight excluding hydrogens is 329 g/mol. The van der Waals surface area contributed by atoms with Crippen molar-refractivity contribution in [1.29, 1.82) is 5.26 Å². The molecule has 0 spiro atoms. The average Bonchev–Trinajstić information content (AvgIpc) is 2.47. The molecule has 0 saturated carbocycles. The van der Waals surface area contributed by atoms with Crippen LogP contribution in [-0.4, -0.2) is 13.7 Å². The van der Waals surface area contributed by atoms with Gasteiger partial charge in [0.1, 0.15) is 0 Å². The minimum Gasteiger partial charge on any atom is -0.222 e. The molecule has 0 aliphatic rings. The molecule has 21 heavy (non-hydrogen) atoms. The number of nitriles is 1. The lowest BCUT2D eigenvalue weighted by Gasteiger charge is -2.11. The van der Waals surface area contributed by atoms with Gasteiger partial charge in [0, 0.05) is 16.5 Å². The number of halogens is 2. The zero-order valence-electron chi connectivity index (χ0n) is 10.8. The van der Waals surface area contributed by atoms with E-state index in [1.54, 1.807) is 24.3 Å². The van der Waals surface area contributed by atoms with E-state index in [0.717, 1.165) is 5.56 Å².